The number of aliphatic hydroxyl groups excluding tert-OH is 2. The van der Waals surface area contributed by atoms with E-state index >= 15 is 0 Å². The number of ether oxygens (including phenoxy) is 1. The molecule has 0 spiro atoms. The van der Waals surface area contributed by atoms with E-state index in [2.05, 4.69) is 11.0 Å². The van der Waals surface area contributed by atoms with Crippen LogP contribution in [0.3, 0.4) is 0 Å². The third-order valence-corrected chi connectivity index (χ3v) is 3.14. The molecule has 0 aliphatic carbocycles. The summed E-state index contributed by atoms with van der Waals surface area (Å²) in [6.07, 6.45) is 0.162. The fourth-order valence-electron chi connectivity index (χ4n) is 2.16. The van der Waals surface area contributed by atoms with E-state index in [0.29, 0.717) is 6.54 Å². The zero-order chi connectivity index (χ0) is 15.2. The first-order valence-corrected chi connectivity index (χ1v) is 7.04. The second-order valence-corrected chi connectivity index (χ2v) is 6.11. The van der Waals surface area contributed by atoms with Gasteiger partial charge in [0.25, 0.3) is 0 Å². The van der Waals surface area contributed by atoms with Gasteiger partial charge in [-0.2, -0.15) is 0 Å². The molecule has 0 aliphatic heterocycles. The Morgan fingerprint density at radius 1 is 1.25 bits per heavy atom. The Bertz CT molecular complexity index is 402. The van der Waals surface area contributed by atoms with Crippen LogP contribution in [0.25, 0.3) is 0 Å². The highest BCUT2D eigenvalue weighted by Crippen LogP contribution is 2.19. The van der Waals surface area contributed by atoms with Crippen LogP contribution in [-0.4, -0.2) is 48.0 Å². The summed E-state index contributed by atoms with van der Waals surface area (Å²) in [6, 6.07) is 8.03. The van der Waals surface area contributed by atoms with E-state index in [4.69, 9.17) is 4.74 Å². The van der Waals surface area contributed by atoms with Gasteiger partial charge in [0.1, 0.15) is 5.75 Å². The number of hydrogen-bond acceptors (Lipinski definition) is 4. The lowest BCUT2D eigenvalue weighted by Gasteiger charge is -2.30. The number of rotatable bonds is 8. The summed E-state index contributed by atoms with van der Waals surface area (Å²) < 4.78 is 5.68. The van der Waals surface area contributed by atoms with Crippen molar-refractivity contribution in [3.05, 3.63) is 29.8 Å². The van der Waals surface area contributed by atoms with Crippen molar-refractivity contribution in [1.82, 2.24) is 4.90 Å². The van der Waals surface area contributed by atoms with Gasteiger partial charge in [-0.1, -0.05) is 19.1 Å². The molecule has 0 unspecified atom stereocenters. The molecule has 1 rings (SSSR count). The minimum Gasteiger partial charge on any atom is -0.491 e. The van der Waals surface area contributed by atoms with E-state index in [9.17, 15) is 10.2 Å². The summed E-state index contributed by atoms with van der Waals surface area (Å²) in [6.45, 7) is 7.23. The van der Waals surface area contributed by atoms with Gasteiger partial charge in [0, 0.05) is 18.5 Å². The second-order valence-electron chi connectivity index (χ2n) is 6.11. The van der Waals surface area contributed by atoms with E-state index in [1.54, 1.807) is 0 Å². The van der Waals surface area contributed by atoms with Crippen molar-refractivity contribution >= 4 is 0 Å². The van der Waals surface area contributed by atoms with Crippen LogP contribution in [-0.2, 0) is 6.54 Å². The highest BCUT2D eigenvalue weighted by atomic mass is 16.5. The summed E-state index contributed by atoms with van der Waals surface area (Å²) >= 11 is 0. The Kier molecular flexibility index (Phi) is 6.46. The maximum atomic E-state index is 9.34. The normalized spacial score (nSPS) is 12.2. The minimum absolute atomic E-state index is 0.0235. The number of aliphatic hydroxyl groups is 2. The first-order valence-electron chi connectivity index (χ1n) is 7.04. The Morgan fingerprint density at radius 2 is 1.90 bits per heavy atom. The Balaban J connectivity index is 2.63. The molecule has 1 aromatic rings. The summed E-state index contributed by atoms with van der Waals surface area (Å²) in [5, 5.41) is 18.7. The maximum absolute atomic E-state index is 9.34. The van der Waals surface area contributed by atoms with Crippen molar-refractivity contribution in [1.29, 1.82) is 0 Å². The van der Waals surface area contributed by atoms with Crippen LogP contribution in [0, 0.1) is 5.41 Å². The molecule has 0 amide bonds. The van der Waals surface area contributed by atoms with Crippen LogP contribution in [0.1, 0.15) is 26.3 Å². The molecule has 4 nitrogen and oxygen atoms in total. The molecule has 0 heterocycles. The third kappa shape index (κ3) is 5.49. The predicted octanol–water partition coefficient (Wildman–Crippen LogP) is 1.90. The lowest BCUT2D eigenvalue weighted by atomic mass is 9.92. The zero-order valence-corrected chi connectivity index (χ0v) is 13.0. The van der Waals surface area contributed by atoms with Gasteiger partial charge in [0.15, 0.2) is 0 Å². The molecular formula is C16H27NO3. The molecule has 1 aromatic carbocycles. The van der Waals surface area contributed by atoms with Gasteiger partial charge < -0.3 is 19.8 Å². The maximum Gasteiger partial charge on any atom is 0.120 e. The highest BCUT2D eigenvalue weighted by Gasteiger charge is 2.24. The zero-order valence-electron chi connectivity index (χ0n) is 13.0. The summed E-state index contributed by atoms with van der Waals surface area (Å²) in [7, 11) is 1.99. The van der Waals surface area contributed by atoms with Crippen molar-refractivity contribution < 1.29 is 14.9 Å². The van der Waals surface area contributed by atoms with Crippen LogP contribution in [0.5, 0.6) is 5.75 Å². The molecule has 2 N–H and O–H groups in total. The summed E-state index contributed by atoms with van der Waals surface area (Å²) in [5.74, 6) is 0.873. The smallest absolute Gasteiger partial charge is 0.120 e. The first-order chi connectivity index (χ1) is 9.38. The molecule has 4 heteroatoms. The first kappa shape index (κ1) is 17.0. The molecule has 0 radical (unpaired) electrons. The van der Waals surface area contributed by atoms with E-state index in [-0.39, 0.29) is 19.3 Å². The lowest BCUT2D eigenvalue weighted by molar-refractivity contribution is 0.0402. The number of hydrogen-bond donors (Lipinski definition) is 2. The monoisotopic (exact) mass is 281 g/mol. The highest BCUT2D eigenvalue weighted by molar-refractivity contribution is 5.28. The van der Waals surface area contributed by atoms with E-state index in [0.717, 1.165) is 17.9 Å². The Labute approximate surface area is 122 Å². The van der Waals surface area contributed by atoms with Gasteiger partial charge >= 0.3 is 0 Å². The molecule has 114 valence electrons. The van der Waals surface area contributed by atoms with Gasteiger partial charge in [-0.25, -0.2) is 0 Å². The van der Waals surface area contributed by atoms with E-state index in [1.807, 2.05) is 46.0 Å². The van der Waals surface area contributed by atoms with Gasteiger partial charge in [-0.15, -0.1) is 0 Å². The third-order valence-electron chi connectivity index (χ3n) is 3.14. The molecular weight excluding hydrogens is 254 g/mol. The van der Waals surface area contributed by atoms with Gasteiger partial charge in [-0.3, -0.25) is 0 Å². The molecule has 0 aromatic heterocycles. The molecule has 0 saturated heterocycles. The largest absolute Gasteiger partial charge is 0.491 e. The SMILES string of the molecule is CC(C)Oc1cccc(CN(C)CC(C)(CO)CO)c1. The lowest BCUT2D eigenvalue weighted by Crippen LogP contribution is -2.38. The van der Waals surface area contributed by atoms with Gasteiger partial charge in [-0.05, 0) is 38.6 Å². The topological polar surface area (TPSA) is 52.9 Å². The molecule has 0 atom stereocenters. The molecule has 0 fully saturated rings. The second kappa shape index (κ2) is 7.62. The van der Waals surface area contributed by atoms with Crippen LogP contribution in [0.2, 0.25) is 0 Å². The van der Waals surface area contributed by atoms with Crippen molar-refractivity contribution in [2.75, 3.05) is 26.8 Å². The Morgan fingerprint density at radius 3 is 2.45 bits per heavy atom. The van der Waals surface area contributed by atoms with E-state index < -0.39 is 5.41 Å². The van der Waals surface area contributed by atoms with Crippen LogP contribution in [0.4, 0.5) is 0 Å². The number of benzene rings is 1. The predicted molar refractivity (Wildman–Crippen MR) is 80.8 cm³/mol. The van der Waals surface area contributed by atoms with Crippen LogP contribution >= 0.6 is 0 Å². The molecule has 0 aliphatic rings. The molecule has 20 heavy (non-hydrogen) atoms. The average Bonchev–Trinajstić information content (AvgIpc) is 2.38. The molecule has 0 bridgehead atoms. The van der Waals surface area contributed by atoms with Gasteiger partial charge in [0.05, 0.1) is 19.3 Å². The minimum atomic E-state index is -0.471. The standard InChI is InChI=1S/C16H27NO3/c1-13(2)20-15-7-5-6-14(8-15)9-17(4)10-16(3,11-18)12-19/h5-8,13,18-19H,9-12H2,1-4H3. The van der Waals surface area contributed by atoms with E-state index in [1.165, 1.54) is 0 Å². The number of nitrogens with zero attached hydrogens (tertiary/aromatic N) is 1. The fraction of sp³-hybridized carbons (Fsp3) is 0.625. The quantitative estimate of drug-likeness (QED) is 0.764. The van der Waals surface area contributed by atoms with Crippen molar-refractivity contribution in [3.63, 3.8) is 0 Å². The van der Waals surface area contributed by atoms with Crippen LogP contribution < -0.4 is 4.74 Å². The van der Waals surface area contributed by atoms with Gasteiger partial charge in [0.2, 0.25) is 0 Å². The molecule has 0 saturated carbocycles. The van der Waals surface area contributed by atoms with Crippen LogP contribution in [0.15, 0.2) is 24.3 Å². The van der Waals surface area contributed by atoms with Crippen molar-refractivity contribution in [3.8, 4) is 5.75 Å². The van der Waals surface area contributed by atoms with Crippen molar-refractivity contribution in [2.45, 2.75) is 33.4 Å². The van der Waals surface area contributed by atoms with Crippen molar-refractivity contribution in [2.24, 2.45) is 5.41 Å². The summed E-state index contributed by atoms with van der Waals surface area (Å²) in [5.41, 5.74) is 0.685. The fourth-order valence-corrected chi connectivity index (χ4v) is 2.16. The Hall–Kier alpha value is -1.10. The average molecular weight is 281 g/mol. The summed E-state index contributed by atoms with van der Waals surface area (Å²) in [4.78, 5) is 2.10.